The van der Waals surface area contributed by atoms with Gasteiger partial charge < -0.3 is 15.0 Å². The Bertz CT molecular complexity index is 1520. The fourth-order valence-corrected chi connectivity index (χ4v) is 5.47. The van der Waals surface area contributed by atoms with Gasteiger partial charge in [-0.2, -0.15) is 5.10 Å². The minimum atomic E-state index is 0.726. The molecule has 1 aliphatic rings. The fraction of sp³-hybridized carbons (Fsp3) is 0.294. The number of nitrogens with one attached hydrogen (secondary N) is 1. The quantitative estimate of drug-likeness (QED) is 0.207. The van der Waals surface area contributed by atoms with Crippen LogP contribution in [0.5, 0.6) is 5.75 Å². The van der Waals surface area contributed by atoms with E-state index in [1.807, 2.05) is 22.7 Å². The van der Waals surface area contributed by atoms with Crippen molar-refractivity contribution >= 4 is 11.3 Å². The lowest BCUT2D eigenvalue weighted by Crippen LogP contribution is -2.20. The second-order valence-corrected chi connectivity index (χ2v) is 10.6. The lowest BCUT2D eigenvalue weighted by molar-refractivity contribution is 0.334. The number of aromatic nitrogens is 3. The van der Waals surface area contributed by atoms with E-state index in [9.17, 15) is 0 Å². The molecule has 0 spiro atoms. The van der Waals surface area contributed by atoms with Gasteiger partial charge in [0.05, 0.1) is 12.8 Å². The van der Waals surface area contributed by atoms with Crippen molar-refractivity contribution in [1.82, 2.24) is 19.5 Å². The van der Waals surface area contributed by atoms with Crippen molar-refractivity contribution < 1.29 is 4.74 Å². The number of hydrogen-bond donors (Lipinski definition) is 1. The van der Waals surface area contributed by atoms with Crippen molar-refractivity contribution in [2.75, 3.05) is 32.1 Å². The number of fused-ring (bicyclic) bond motifs is 1. The van der Waals surface area contributed by atoms with Crippen LogP contribution in [0.15, 0.2) is 91.0 Å². The predicted molar refractivity (Wildman–Crippen MR) is 162 cm³/mol. The van der Waals surface area contributed by atoms with Crippen LogP contribution in [0, 0.1) is 0 Å². The first kappa shape index (κ1) is 26.1. The summed E-state index contributed by atoms with van der Waals surface area (Å²) in [4.78, 5) is 7.42. The molecule has 1 fully saturated rings. The molecule has 2 aromatic heterocycles. The van der Waals surface area contributed by atoms with Gasteiger partial charge in [-0.05, 0) is 98.4 Å². The molecule has 0 amide bonds. The summed E-state index contributed by atoms with van der Waals surface area (Å²) in [5, 5.41) is 8.38. The second kappa shape index (κ2) is 12.3. The van der Waals surface area contributed by atoms with Gasteiger partial charge >= 0.3 is 0 Å². The predicted octanol–water partition coefficient (Wildman–Crippen LogP) is 6.64. The van der Waals surface area contributed by atoms with Gasteiger partial charge in [0.25, 0.3) is 0 Å². The number of nitrogens with zero attached hydrogens (tertiary/aromatic N) is 4. The van der Waals surface area contributed by atoms with Crippen molar-refractivity contribution in [1.29, 1.82) is 0 Å². The van der Waals surface area contributed by atoms with Crippen molar-refractivity contribution in [3.8, 4) is 17.0 Å². The van der Waals surface area contributed by atoms with Gasteiger partial charge in [-0.3, -0.25) is 0 Å². The van der Waals surface area contributed by atoms with Crippen LogP contribution in [0.25, 0.3) is 16.9 Å². The van der Waals surface area contributed by atoms with Gasteiger partial charge in [0.15, 0.2) is 11.5 Å². The number of pyridine rings is 1. The fourth-order valence-electron chi connectivity index (χ4n) is 5.47. The van der Waals surface area contributed by atoms with Crippen LogP contribution in [-0.4, -0.2) is 46.2 Å². The standard InChI is InChI=1S/C34H37N5O/c1-40-31-19-13-28(14-20-31)25-35-30-17-15-29(16-18-30)32-7-4-8-34-36-33(37-39(32)34)24-27-11-9-26(10-12-27)6-5-23-38-21-2-3-22-38/h4,7-20,35H,2-3,5-6,21-25H2,1H3. The van der Waals surface area contributed by atoms with E-state index in [2.05, 4.69) is 83.0 Å². The first-order chi connectivity index (χ1) is 19.7. The molecular formula is C34H37N5O. The maximum absolute atomic E-state index is 5.25. The Hall–Kier alpha value is -4.16. The zero-order valence-corrected chi connectivity index (χ0v) is 23.2. The van der Waals surface area contributed by atoms with Crippen molar-refractivity contribution in [3.05, 3.63) is 114 Å². The zero-order valence-electron chi connectivity index (χ0n) is 23.2. The first-order valence-electron chi connectivity index (χ1n) is 14.4. The molecule has 1 aliphatic heterocycles. The van der Waals surface area contributed by atoms with Gasteiger partial charge in [-0.25, -0.2) is 9.50 Å². The Morgan fingerprint density at radius 3 is 2.27 bits per heavy atom. The molecule has 3 heterocycles. The smallest absolute Gasteiger partial charge is 0.156 e. The molecule has 6 heteroatoms. The highest BCUT2D eigenvalue weighted by Crippen LogP contribution is 2.23. The number of likely N-dealkylation sites (tertiary alicyclic amines) is 1. The molecule has 1 N–H and O–H groups in total. The first-order valence-corrected chi connectivity index (χ1v) is 14.4. The number of ether oxygens (including phenoxy) is 1. The van der Waals surface area contributed by atoms with Gasteiger partial charge in [-0.1, -0.05) is 54.6 Å². The van der Waals surface area contributed by atoms with Crippen LogP contribution in [0.2, 0.25) is 0 Å². The van der Waals surface area contributed by atoms with Crippen LogP contribution in [0.3, 0.4) is 0 Å². The molecule has 0 unspecified atom stereocenters. The molecule has 5 aromatic rings. The van der Waals surface area contributed by atoms with Crippen LogP contribution >= 0.6 is 0 Å². The Kier molecular flexibility index (Phi) is 8.05. The van der Waals surface area contributed by atoms with Crippen LogP contribution in [-0.2, 0) is 19.4 Å². The Balaban J connectivity index is 1.08. The molecule has 0 bridgehead atoms. The molecule has 6 nitrogen and oxygen atoms in total. The number of rotatable bonds is 11. The molecule has 0 saturated carbocycles. The number of aryl methyl sites for hydroxylation is 1. The van der Waals surface area contributed by atoms with E-state index in [0.29, 0.717) is 0 Å². The van der Waals surface area contributed by atoms with E-state index < -0.39 is 0 Å². The van der Waals surface area contributed by atoms with Gasteiger partial charge in [0, 0.05) is 24.2 Å². The minimum Gasteiger partial charge on any atom is -0.497 e. The Morgan fingerprint density at radius 2 is 1.52 bits per heavy atom. The molecule has 6 rings (SSSR count). The van der Waals surface area contributed by atoms with E-state index in [0.717, 1.165) is 53.6 Å². The lowest BCUT2D eigenvalue weighted by Gasteiger charge is -2.13. The largest absolute Gasteiger partial charge is 0.497 e. The highest BCUT2D eigenvalue weighted by molar-refractivity contribution is 5.65. The molecule has 3 aromatic carbocycles. The van der Waals surface area contributed by atoms with Crippen LogP contribution < -0.4 is 10.1 Å². The van der Waals surface area contributed by atoms with E-state index in [-0.39, 0.29) is 0 Å². The molecule has 0 atom stereocenters. The molecular weight excluding hydrogens is 494 g/mol. The van der Waals surface area contributed by atoms with Gasteiger partial charge in [0.2, 0.25) is 0 Å². The minimum absolute atomic E-state index is 0.726. The molecule has 40 heavy (non-hydrogen) atoms. The third-order valence-corrected chi connectivity index (χ3v) is 7.76. The summed E-state index contributed by atoms with van der Waals surface area (Å²) in [6.07, 6.45) is 5.83. The Morgan fingerprint density at radius 1 is 0.800 bits per heavy atom. The van der Waals surface area contributed by atoms with Gasteiger partial charge in [0.1, 0.15) is 5.75 Å². The van der Waals surface area contributed by atoms with E-state index in [1.54, 1.807) is 7.11 Å². The highest BCUT2D eigenvalue weighted by Gasteiger charge is 2.12. The molecule has 204 valence electrons. The summed E-state index contributed by atoms with van der Waals surface area (Å²) < 4.78 is 7.21. The monoisotopic (exact) mass is 531 g/mol. The topological polar surface area (TPSA) is 54.7 Å². The maximum atomic E-state index is 5.25. The van der Waals surface area contributed by atoms with Crippen molar-refractivity contribution in [2.24, 2.45) is 0 Å². The van der Waals surface area contributed by atoms with Crippen molar-refractivity contribution in [3.63, 3.8) is 0 Å². The summed E-state index contributed by atoms with van der Waals surface area (Å²) in [7, 11) is 1.69. The number of methoxy groups -OCH3 is 1. The average Bonchev–Trinajstić information content (AvgIpc) is 3.67. The van der Waals surface area contributed by atoms with E-state index >= 15 is 0 Å². The van der Waals surface area contributed by atoms with Gasteiger partial charge in [-0.15, -0.1) is 0 Å². The third-order valence-electron chi connectivity index (χ3n) is 7.76. The lowest BCUT2D eigenvalue weighted by atomic mass is 10.1. The summed E-state index contributed by atoms with van der Waals surface area (Å²) >= 11 is 0. The summed E-state index contributed by atoms with van der Waals surface area (Å²) in [5.41, 5.74) is 7.94. The number of benzene rings is 3. The molecule has 0 radical (unpaired) electrons. The third kappa shape index (κ3) is 6.35. The summed E-state index contributed by atoms with van der Waals surface area (Å²) in [6.45, 7) is 4.53. The summed E-state index contributed by atoms with van der Waals surface area (Å²) in [5.74, 6) is 1.71. The SMILES string of the molecule is COc1ccc(CNc2ccc(-c3cccc4nc(Cc5ccc(CCCN6CCCC6)cc5)nn34)cc2)cc1. The normalized spacial score (nSPS) is 13.6. The summed E-state index contributed by atoms with van der Waals surface area (Å²) in [6, 6.07) is 31.8. The van der Waals surface area contributed by atoms with Crippen molar-refractivity contribution in [2.45, 2.75) is 38.6 Å². The van der Waals surface area contributed by atoms with Crippen LogP contribution in [0.4, 0.5) is 5.69 Å². The number of anilines is 1. The van der Waals surface area contributed by atoms with E-state index in [1.165, 1.54) is 55.6 Å². The van der Waals surface area contributed by atoms with E-state index in [4.69, 9.17) is 14.8 Å². The Labute approximate surface area is 236 Å². The molecule has 0 aliphatic carbocycles. The molecule has 1 saturated heterocycles. The van der Waals surface area contributed by atoms with Crippen LogP contribution in [0.1, 0.15) is 41.8 Å². The zero-order chi connectivity index (χ0) is 27.1. The highest BCUT2D eigenvalue weighted by atomic mass is 16.5. The second-order valence-electron chi connectivity index (χ2n) is 10.6. The number of hydrogen-bond acceptors (Lipinski definition) is 5. The average molecular weight is 532 g/mol. The maximum Gasteiger partial charge on any atom is 0.156 e.